The van der Waals surface area contributed by atoms with Gasteiger partial charge in [-0.1, -0.05) is 37.3 Å². The van der Waals surface area contributed by atoms with Gasteiger partial charge in [-0.05, 0) is 44.1 Å². The molecule has 138 valence electrons. The number of aromatic nitrogens is 2. The number of nitrogens with zero attached hydrogens (tertiary/aromatic N) is 3. The number of hydrogen-bond donors (Lipinski definition) is 2. The van der Waals surface area contributed by atoms with Gasteiger partial charge >= 0.3 is 0 Å². The lowest BCUT2D eigenvalue weighted by atomic mass is 9.90. The van der Waals surface area contributed by atoms with Crippen molar-refractivity contribution in [3.8, 4) is 0 Å². The smallest absolute Gasteiger partial charge is 0.255 e. The van der Waals surface area contributed by atoms with Gasteiger partial charge < -0.3 is 10.6 Å². The number of benzene rings is 1. The number of aryl methyl sites for hydroxylation is 1. The highest BCUT2D eigenvalue weighted by Crippen LogP contribution is 2.21. The average Bonchev–Trinajstić information content (AvgIpc) is 2.63. The number of likely N-dealkylation sites (tertiary alicyclic amines) is 1. The van der Waals surface area contributed by atoms with Crippen LogP contribution in [0.4, 0.5) is 5.95 Å². The molecule has 2 heterocycles. The minimum absolute atomic E-state index is 0.131. The number of piperidine rings is 1. The van der Waals surface area contributed by atoms with Gasteiger partial charge in [-0.3, -0.25) is 9.78 Å². The van der Waals surface area contributed by atoms with Crippen molar-refractivity contribution < 1.29 is 0 Å². The fourth-order valence-electron chi connectivity index (χ4n) is 3.56. The molecule has 0 bridgehead atoms. The summed E-state index contributed by atoms with van der Waals surface area (Å²) in [5.41, 5.74) is 8.83. The van der Waals surface area contributed by atoms with E-state index in [4.69, 9.17) is 5.73 Å². The standard InChI is InChI=1S/C20H27N5O/c1-3-17-14(2)22-20(23-18(17)26)24-19(21)25-11-9-16(10-12-25)13-15-7-5-4-6-8-15/h4-8,16H,3,9-13H2,1-2H3,(H3,21,22,23,24,26). The van der Waals surface area contributed by atoms with Crippen molar-refractivity contribution in [2.75, 3.05) is 13.1 Å². The number of guanidine groups is 1. The number of nitrogens with two attached hydrogens (primary N) is 1. The molecule has 1 aliphatic heterocycles. The maximum atomic E-state index is 12.0. The Bertz CT molecular complexity index is 820. The van der Waals surface area contributed by atoms with E-state index in [1.165, 1.54) is 5.56 Å². The van der Waals surface area contributed by atoms with Crippen LogP contribution < -0.4 is 11.3 Å². The molecule has 1 aromatic heterocycles. The van der Waals surface area contributed by atoms with E-state index in [1.807, 2.05) is 13.8 Å². The summed E-state index contributed by atoms with van der Waals surface area (Å²) < 4.78 is 0. The highest BCUT2D eigenvalue weighted by molar-refractivity contribution is 5.80. The molecule has 0 unspecified atom stereocenters. The molecule has 6 heteroatoms. The fourth-order valence-corrected chi connectivity index (χ4v) is 3.56. The third kappa shape index (κ3) is 4.31. The summed E-state index contributed by atoms with van der Waals surface area (Å²) >= 11 is 0. The van der Waals surface area contributed by atoms with Crippen molar-refractivity contribution in [3.05, 3.63) is 57.5 Å². The zero-order chi connectivity index (χ0) is 18.5. The number of nitrogens with one attached hydrogen (secondary N) is 1. The van der Waals surface area contributed by atoms with Crippen molar-refractivity contribution in [2.45, 2.75) is 39.5 Å². The lowest BCUT2D eigenvalue weighted by Crippen LogP contribution is -2.43. The highest BCUT2D eigenvalue weighted by atomic mass is 16.1. The van der Waals surface area contributed by atoms with Crippen LogP contribution in [0.15, 0.2) is 40.1 Å². The van der Waals surface area contributed by atoms with Crippen LogP contribution in [0.1, 0.15) is 36.6 Å². The van der Waals surface area contributed by atoms with Crippen LogP contribution in [-0.4, -0.2) is 33.9 Å². The third-order valence-corrected chi connectivity index (χ3v) is 5.09. The van der Waals surface area contributed by atoms with Gasteiger partial charge in [0.05, 0.1) is 0 Å². The summed E-state index contributed by atoms with van der Waals surface area (Å²) in [4.78, 5) is 25.5. The molecule has 2 aromatic rings. The van der Waals surface area contributed by atoms with Crippen molar-refractivity contribution in [3.63, 3.8) is 0 Å². The van der Waals surface area contributed by atoms with E-state index in [-0.39, 0.29) is 11.5 Å². The molecular formula is C20H27N5O. The first-order chi connectivity index (χ1) is 12.6. The monoisotopic (exact) mass is 353 g/mol. The Morgan fingerprint density at radius 3 is 2.62 bits per heavy atom. The number of rotatable bonds is 4. The first-order valence-electron chi connectivity index (χ1n) is 9.29. The molecular weight excluding hydrogens is 326 g/mol. The number of H-pyrrole nitrogens is 1. The lowest BCUT2D eigenvalue weighted by Gasteiger charge is -2.32. The van der Waals surface area contributed by atoms with E-state index in [0.29, 0.717) is 29.6 Å². The van der Waals surface area contributed by atoms with Gasteiger partial charge in [0, 0.05) is 24.3 Å². The summed E-state index contributed by atoms with van der Waals surface area (Å²) in [6, 6.07) is 10.6. The Morgan fingerprint density at radius 2 is 2.00 bits per heavy atom. The van der Waals surface area contributed by atoms with Crippen LogP contribution in [-0.2, 0) is 12.8 Å². The van der Waals surface area contributed by atoms with E-state index < -0.39 is 0 Å². The van der Waals surface area contributed by atoms with E-state index in [1.54, 1.807) is 0 Å². The Labute approximate surface area is 154 Å². The normalized spacial score (nSPS) is 16.1. The molecule has 3 rings (SSSR count). The number of aliphatic imine (C=N–C) groups is 1. The molecule has 1 saturated heterocycles. The topological polar surface area (TPSA) is 87.4 Å². The van der Waals surface area contributed by atoms with Gasteiger partial charge in [0.25, 0.3) is 5.56 Å². The molecule has 0 atom stereocenters. The first-order valence-corrected chi connectivity index (χ1v) is 9.29. The highest BCUT2D eigenvalue weighted by Gasteiger charge is 2.21. The van der Waals surface area contributed by atoms with E-state index in [9.17, 15) is 4.79 Å². The van der Waals surface area contributed by atoms with Crippen LogP contribution in [0.5, 0.6) is 0 Å². The second-order valence-corrected chi connectivity index (χ2v) is 6.90. The zero-order valence-corrected chi connectivity index (χ0v) is 15.5. The second kappa shape index (κ2) is 8.17. The van der Waals surface area contributed by atoms with E-state index in [2.05, 4.69) is 50.2 Å². The minimum atomic E-state index is -0.131. The maximum Gasteiger partial charge on any atom is 0.255 e. The maximum absolute atomic E-state index is 12.0. The van der Waals surface area contributed by atoms with Gasteiger partial charge in [-0.15, -0.1) is 0 Å². The molecule has 1 aliphatic rings. The quantitative estimate of drug-likeness (QED) is 0.653. The Morgan fingerprint density at radius 1 is 1.31 bits per heavy atom. The van der Waals surface area contributed by atoms with Crippen LogP contribution in [0, 0.1) is 12.8 Å². The van der Waals surface area contributed by atoms with Crippen molar-refractivity contribution >= 4 is 11.9 Å². The number of hydrogen-bond acceptors (Lipinski definition) is 3. The van der Waals surface area contributed by atoms with Gasteiger partial charge in [0.15, 0.2) is 5.96 Å². The Hall–Kier alpha value is -2.63. The molecule has 0 spiro atoms. The first kappa shape index (κ1) is 18.2. The van der Waals surface area contributed by atoms with Gasteiger partial charge in [-0.2, -0.15) is 4.99 Å². The third-order valence-electron chi connectivity index (χ3n) is 5.09. The predicted molar refractivity (Wildman–Crippen MR) is 105 cm³/mol. The molecule has 0 saturated carbocycles. The lowest BCUT2D eigenvalue weighted by molar-refractivity contribution is 0.263. The van der Waals surface area contributed by atoms with Gasteiger partial charge in [0.2, 0.25) is 5.95 Å². The predicted octanol–water partition coefficient (Wildman–Crippen LogP) is 2.54. The van der Waals surface area contributed by atoms with Crippen molar-refractivity contribution in [1.29, 1.82) is 0 Å². The molecule has 1 fully saturated rings. The fraction of sp³-hybridized carbons (Fsp3) is 0.450. The minimum Gasteiger partial charge on any atom is -0.369 e. The average molecular weight is 353 g/mol. The molecule has 3 N–H and O–H groups in total. The largest absolute Gasteiger partial charge is 0.369 e. The van der Waals surface area contributed by atoms with Crippen LogP contribution in [0.2, 0.25) is 0 Å². The number of aromatic amines is 1. The van der Waals surface area contributed by atoms with Crippen LogP contribution in [0.3, 0.4) is 0 Å². The molecule has 0 aliphatic carbocycles. The summed E-state index contributed by atoms with van der Waals surface area (Å²) in [5.74, 6) is 1.38. The SMILES string of the molecule is CCc1c(C)nc(/N=C(\N)N2CCC(Cc3ccccc3)CC2)[nH]c1=O. The summed E-state index contributed by atoms with van der Waals surface area (Å²) in [7, 11) is 0. The summed E-state index contributed by atoms with van der Waals surface area (Å²) in [6.07, 6.45) is 3.94. The Balaban J connectivity index is 1.62. The van der Waals surface area contributed by atoms with E-state index in [0.717, 1.165) is 32.4 Å². The van der Waals surface area contributed by atoms with Gasteiger partial charge in [-0.25, -0.2) is 4.98 Å². The summed E-state index contributed by atoms with van der Waals surface area (Å²) in [6.45, 7) is 5.53. The zero-order valence-electron chi connectivity index (χ0n) is 15.5. The van der Waals surface area contributed by atoms with Crippen LogP contribution in [0.25, 0.3) is 0 Å². The van der Waals surface area contributed by atoms with Crippen LogP contribution >= 0.6 is 0 Å². The molecule has 0 radical (unpaired) electrons. The second-order valence-electron chi connectivity index (χ2n) is 6.90. The molecule has 26 heavy (non-hydrogen) atoms. The molecule has 0 amide bonds. The Kier molecular flexibility index (Phi) is 5.71. The molecule has 1 aromatic carbocycles. The van der Waals surface area contributed by atoms with Crippen molar-refractivity contribution in [1.82, 2.24) is 14.9 Å². The molecule has 6 nitrogen and oxygen atoms in total. The summed E-state index contributed by atoms with van der Waals surface area (Å²) in [5, 5.41) is 0. The van der Waals surface area contributed by atoms with Gasteiger partial charge in [0.1, 0.15) is 0 Å². The van der Waals surface area contributed by atoms with Crippen molar-refractivity contribution in [2.24, 2.45) is 16.6 Å². The van der Waals surface area contributed by atoms with E-state index >= 15 is 0 Å².